The van der Waals surface area contributed by atoms with Crippen LogP contribution in [-0.4, -0.2) is 165 Å². The van der Waals surface area contributed by atoms with Crippen LogP contribution >= 0.6 is 0 Å². The zero-order chi connectivity index (χ0) is 41.9. The summed E-state index contributed by atoms with van der Waals surface area (Å²) in [6, 6.07) is 0. The molecule has 0 aromatic heterocycles. The topological polar surface area (TPSA) is 237 Å². The zero-order valence-electron chi connectivity index (χ0n) is 34.6. The number of rotatable bonds is 15. The van der Waals surface area contributed by atoms with Crippen molar-refractivity contribution in [2.75, 3.05) is 27.4 Å². The second-order valence-electron chi connectivity index (χ2n) is 18.8. The highest BCUT2D eigenvalue weighted by Crippen LogP contribution is 2.66. The highest BCUT2D eigenvalue weighted by atomic mass is 16.8. The van der Waals surface area contributed by atoms with E-state index in [1.807, 2.05) is 0 Å². The third-order valence-corrected chi connectivity index (χ3v) is 15.1. The number of aliphatic hydroxyl groups excluding tert-OH is 9. The molecular formula is C42H70O15. The van der Waals surface area contributed by atoms with E-state index in [2.05, 4.69) is 41.2 Å². The molecule has 0 aromatic carbocycles. The highest BCUT2D eigenvalue weighted by Gasteiger charge is 2.65. The molecule has 0 spiro atoms. The average Bonchev–Trinajstić information content (AvgIpc) is 3.74. The quantitative estimate of drug-likeness (QED) is 0.103. The lowest BCUT2D eigenvalue weighted by Crippen LogP contribution is -2.63. The molecule has 0 bridgehead atoms. The van der Waals surface area contributed by atoms with Crippen LogP contribution in [0.1, 0.15) is 79.6 Å². The van der Waals surface area contributed by atoms with Crippen LogP contribution in [0.15, 0.2) is 23.3 Å². The first-order valence-corrected chi connectivity index (χ1v) is 21.0. The molecule has 0 radical (unpaired) electrons. The number of hydrogen-bond acceptors (Lipinski definition) is 15. The predicted molar refractivity (Wildman–Crippen MR) is 204 cm³/mol. The van der Waals surface area contributed by atoms with Gasteiger partial charge in [-0.05, 0) is 85.0 Å². The molecule has 3 saturated carbocycles. The minimum Gasteiger partial charge on any atom is -0.390 e. The Labute approximate surface area is 336 Å². The van der Waals surface area contributed by atoms with Gasteiger partial charge in [-0.1, -0.05) is 52.3 Å². The molecule has 2 aliphatic heterocycles. The van der Waals surface area contributed by atoms with E-state index in [9.17, 15) is 46.0 Å². The van der Waals surface area contributed by atoms with Crippen LogP contribution < -0.4 is 0 Å². The standard InChI is InChI=1S/C42H70O15/c1-18(2)19(3)9-10-20(4)28-26(15-22-27-21(11-13-42(22,28)6)41(5)14-12-23(43)30(46)29(41)32(48)31(27)47)54-40-35(51)38(37(56-40)25(45)17-53-8)57-39-34(50)33(49)36(55-39)24(44)16-52-7/h18,20-21,23-26,28-40,43-51H,3,9-17H2,1-2,4-8H3. The molecule has 57 heavy (non-hydrogen) atoms. The van der Waals surface area contributed by atoms with Gasteiger partial charge in [-0.2, -0.15) is 0 Å². The fourth-order valence-corrected chi connectivity index (χ4v) is 11.8. The van der Waals surface area contributed by atoms with E-state index in [0.717, 1.165) is 36.0 Å². The van der Waals surface area contributed by atoms with Gasteiger partial charge in [-0.25, -0.2) is 0 Å². The fourth-order valence-electron chi connectivity index (χ4n) is 11.8. The summed E-state index contributed by atoms with van der Waals surface area (Å²) in [5, 5.41) is 100. The van der Waals surface area contributed by atoms with Crippen LogP contribution in [0.4, 0.5) is 0 Å². The Kier molecular flexibility index (Phi) is 14.1. The predicted octanol–water partition coefficient (Wildman–Crippen LogP) is 0.539. The number of hydrogen-bond donors (Lipinski definition) is 9. The lowest BCUT2D eigenvalue weighted by Gasteiger charge is -2.60. The highest BCUT2D eigenvalue weighted by molar-refractivity contribution is 5.40. The third-order valence-electron chi connectivity index (χ3n) is 15.1. The first kappa shape index (κ1) is 45.4. The summed E-state index contributed by atoms with van der Waals surface area (Å²) in [7, 11) is 2.77. The minimum absolute atomic E-state index is 0.0743. The Morgan fingerprint density at radius 1 is 0.789 bits per heavy atom. The Hall–Kier alpha value is -1.12. The molecular weight excluding hydrogens is 744 g/mol. The van der Waals surface area contributed by atoms with E-state index < -0.39 is 109 Å². The lowest BCUT2D eigenvalue weighted by atomic mass is 9.47. The molecule has 4 aliphatic carbocycles. The van der Waals surface area contributed by atoms with Gasteiger partial charge in [0.1, 0.15) is 54.9 Å². The number of methoxy groups -OCH3 is 2. The lowest BCUT2D eigenvalue weighted by molar-refractivity contribution is -0.226. The van der Waals surface area contributed by atoms with Gasteiger partial charge in [0.25, 0.3) is 0 Å². The van der Waals surface area contributed by atoms with Crippen molar-refractivity contribution in [2.45, 2.75) is 171 Å². The van der Waals surface area contributed by atoms with Gasteiger partial charge in [0, 0.05) is 20.1 Å². The maximum absolute atomic E-state index is 12.0. The molecule has 2 heterocycles. The Balaban J connectivity index is 1.32. The molecule has 21 unspecified atom stereocenters. The number of ether oxygens (including phenoxy) is 6. The average molecular weight is 815 g/mol. The molecule has 9 N–H and O–H groups in total. The molecule has 5 fully saturated rings. The van der Waals surface area contributed by atoms with Crippen molar-refractivity contribution in [2.24, 2.45) is 40.4 Å². The van der Waals surface area contributed by atoms with Crippen LogP contribution in [0, 0.1) is 40.4 Å². The molecule has 15 heteroatoms. The number of allylic oxidation sites excluding steroid dienone is 1. The zero-order valence-corrected chi connectivity index (χ0v) is 34.6. The summed E-state index contributed by atoms with van der Waals surface area (Å²) >= 11 is 0. The van der Waals surface area contributed by atoms with E-state index in [1.165, 1.54) is 14.2 Å². The van der Waals surface area contributed by atoms with Gasteiger partial charge in [-0.15, -0.1) is 0 Å². The van der Waals surface area contributed by atoms with Crippen molar-refractivity contribution in [3.63, 3.8) is 0 Å². The molecule has 6 rings (SSSR count). The monoisotopic (exact) mass is 814 g/mol. The summed E-state index contributed by atoms with van der Waals surface area (Å²) in [4.78, 5) is 0. The smallest absolute Gasteiger partial charge is 0.187 e. The SMILES string of the molecule is C=C(CCC(C)C1C(OC2OC(C(O)COC)C(OC3OC(C(O)COC)C(O)C3O)C2O)CC2=C3C(O)C(O)C4C(O)C(O)CCC4(C)C3CCC21C)C(C)C. The molecule has 0 amide bonds. The van der Waals surface area contributed by atoms with Crippen molar-refractivity contribution in [1.82, 2.24) is 0 Å². The molecule has 0 aromatic rings. The number of fused-ring (bicyclic) bond motifs is 4. The Morgan fingerprint density at radius 3 is 2.04 bits per heavy atom. The van der Waals surface area contributed by atoms with Crippen molar-refractivity contribution in [3.05, 3.63) is 23.3 Å². The summed E-state index contributed by atoms with van der Waals surface area (Å²) in [6.45, 7) is 14.6. The first-order chi connectivity index (χ1) is 26.8. The second-order valence-corrected chi connectivity index (χ2v) is 18.8. The third kappa shape index (κ3) is 8.07. The van der Waals surface area contributed by atoms with Crippen molar-refractivity contribution in [3.8, 4) is 0 Å². The maximum Gasteiger partial charge on any atom is 0.187 e. The van der Waals surface area contributed by atoms with Crippen LogP contribution in [0.5, 0.6) is 0 Å². The Morgan fingerprint density at radius 2 is 1.40 bits per heavy atom. The van der Waals surface area contributed by atoms with E-state index in [-0.39, 0.29) is 31.0 Å². The van der Waals surface area contributed by atoms with E-state index >= 15 is 0 Å². The van der Waals surface area contributed by atoms with Gasteiger partial charge >= 0.3 is 0 Å². The molecule has 21 atom stereocenters. The molecule has 15 nitrogen and oxygen atoms in total. The summed E-state index contributed by atoms with van der Waals surface area (Å²) in [6.07, 6.45) is -14.6. The molecule has 328 valence electrons. The van der Waals surface area contributed by atoms with E-state index in [0.29, 0.717) is 31.6 Å². The van der Waals surface area contributed by atoms with Crippen LogP contribution in [0.2, 0.25) is 0 Å². The Bertz CT molecular complexity index is 1430. The van der Waals surface area contributed by atoms with Gasteiger partial charge in [-0.3, -0.25) is 0 Å². The van der Waals surface area contributed by atoms with Gasteiger partial charge < -0.3 is 74.4 Å². The summed E-state index contributed by atoms with van der Waals surface area (Å²) in [5.74, 6) is -0.585. The summed E-state index contributed by atoms with van der Waals surface area (Å²) < 4.78 is 35.1. The largest absolute Gasteiger partial charge is 0.390 e. The van der Waals surface area contributed by atoms with Crippen LogP contribution in [-0.2, 0) is 28.4 Å². The fraction of sp³-hybridized carbons (Fsp3) is 0.905. The van der Waals surface area contributed by atoms with E-state index in [4.69, 9.17) is 28.4 Å². The number of aliphatic hydroxyl groups is 9. The second kappa shape index (κ2) is 17.7. The van der Waals surface area contributed by atoms with Gasteiger partial charge in [0.05, 0.1) is 37.6 Å². The van der Waals surface area contributed by atoms with Crippen LogP contribution in [0.3, 0.4) is 0 Å². The van der Waals surface area contributed by atoms with Crippen LogP contribution in [0.25, 0.3) is 0 Å². The minimum atomic E-state index is -1.61. The first-order valence-electron chi connectivity index (χ1n) is 21.0. The normalized spacial score (nSPS) is 47.5. The maximum atomic E-state index is 12.0. The van der Waals surface area contributed by atoms with Crippen molar-refractivity contribution in [1.29, 1.82) is 0 Å². The molecule has 6 aliphatic rings. The van der Waals surface area contributed by atoms with Gasteiger partial charge in [0.15, 0.2) is 12.6 Å². The molecule has 2 saturated heterocycles. The summed E-state index contributed by atoms with van der Waals surface area (Å²) in [5.41, 5.74) is 1.89. The van der Waals surface area contributed by atoms with E-state index in [1.54, 1.807) is 0 Å². The van der Waals surface area contributed by atoms with Crippen molar-refractivity contribution >= 4 is 0 Å². The van der Waals surface area contributed by atoms with Crippen molar-refractivity contribution < 1.29 is 74.4 Å². The van der Waals surface area contributed by atoms with Gasteiger partial charge in [0.2, 0.25) is 0 Å².